The molecule has 1 amide bonds. The minimum Gasteiger partial charge on any atom is -0.497 e. The second-order valence-corrected chi connectivity index (χ2v) is 6.92. The zero-order chi connectivity index (χ0) is 21.3. The van der Waals surface area contributed by atoms with Gasteiger partial charge in [0.2, 0.25) is 5.91 Å². The van der Waals surface area contributed by atoms with Crippen LogP contribution in [0, 0.1) is 0 Å². The molecule has 0 fully saturated rings. The molecule has 3 aromatic rings. The number of nitrogens with zero attached hydrogens (tertiary/aromatic N) is 1. The first-order valence-electron chi connectivity index (χ1n) is 9.99. The standard InChI is InChI=1S/C26H27NO3/c1-4-30-24-16-12-22(13-17-24)25(21-10-14-23(29-3)15-11-21)18-26(28)27(2)19-20-8-6-5-7-9-20/h5-18H,4,19H2,1-3H3. The van der Waals surface area contributed by atoms with Crippen molar-refractivity contribution in [2.24, 2.45) is 0 Å². The lowest BCUT2D eigenvalue weighted by Crippen LogP contribution is -2.24. The Labute approximate surface area is 178 Å². The first-order valence-corrected chi connectivity index (χ1v) is 9.99. The van der Waals surface area contributed by atoms with Crippen LogP contribution in [0.15, 0.2) is 84.9 Å². The normalized spacial score (nSPS) is 11.1. The summed E-state index contributed by atoms with van der Waals surface area (Å²) in [6.45, 7) is 3.12. The molecule has 0 spiro atoms. The first-order chi connectivity index (χ1) is 14.6. The van der Waals surface area contributed by atoms with E-state index in [-0.39, 0.29) is 5.91 Å². The predicted molar refractivity (Wildman–Crippen MR) is 121 cm³/mol. The zero-order valence-electron chi connectivity index (χ0n) is 17.7. The van der Waals surface area contributed by atoms with Gasteiger partial charge in [-0.1, -0.05) is 54.6 Å². The quantitative estimate of drug-likeness (QED) is 0.488. The van der Waals surface area contributed by atoms with E-state index in [0.717, 1.165) is 33.8 Å². The number of likely N-dealkylation sites (N-methyl/N-ethyl adjacent to an activating group) is 1. The van der Waals surface area contributed by atoms with Crippen molar-refractivity contribution in [3.05, 3.63) is 102 Å². The Morgan fingerprint density at radius 2 is 1.43 bits per heavy atom. The number of carbonyl (C=O) groups is 1. The fourth-order valence-corrected chi connectivity index (χ4v) is 3.17. The number of rotatable bonds is 8. The van der Waals surface area contributed by atoms with E-state index in [2.05, 4.69) is 0 Å². The van der Waals surface area contributed by atoms with Gasteiger partial charge in [0, 0.05) is 19.7 Å². The van der Waals surface area contributed by atoms with Crippen LogP contribution in [0.1, 0.15) is 23.6 Å². The third-order valence-corrected chi connectivity index (χ3v) is 4.78. The molecule has 30 heavy (non-hydrogen) atoms. The SMILES string of the molecule is CCOc1ccc(C(=CC(=O)N(C)Cc2ccccc2)c2ccc(OC)cc2)cc1. The topological polar surface area (TPSA) is 38.8 Å². The van der Waals surface area contributed by atoms with Gasteiger partial charge in [-0.15, -0.1) is 0 Å². The molecule has 0 radical (unpaired) electrons. The van der Waals surface area contributed by atoms with Gasteiger partial charge in [0.1, 0.15) is 11.5 Å². The number of methoxy groups -OCH3 is 1. The largest absolute Gasteiger partial charge is 0.497 e. The summed E-state index contributed by atoms with van der Waals surface area (Å²) in [6.07, 6.45) is 1.69. The Morgan fingerprint density at radius 1 is 0.867 bits per heavy atom. The second-order valence-electron chi connectivity index (χ2n) is 6.92. The maximum atomic E-state index is 13.0. The summed E-state index contributed by atoms with van der Waals surface area (Å²) < 4.78 is 10.8. The van der Waals surface area contributed by atoms with Crippen LogP contribution < -0.4 is 9.47 Å². The van der Waals surface area contributed by atoms with Gasteiger partial charge >= 0.3 is 0 Å². The molecule has 0 saturated heterocycles. The van der Waals surface area contributed by atoms with Crippen LogP contribution in [-0.2, 0) is 11.3 Å². The van der Waals surface area contributed by atoms with Crippen molar-refractivity contribution in [1.29, 1.82) is 0 Å². The highest BCUT2D eigenvalue weighted by atomic mass is 16.5. The predicted octanol–water partition coefficient (Wildman–Crippen LogP) is 5.18. The van der Waals surface area contributed by atoms with Crippen molar-refractivity contribution in [1.82, 2.24) is 4.90 Å². The number of amides is 1. The Balaban J connectivity index is 1.91. The Morgan fingerprint density at radius 3 is 1.97 bits per heavy atom. The monoisotopic (exact) mass is 401 g/mol. The molecule has 0 aliphatic rings. The van der Waals surface area contributed by atoms with E-state index in [9.17, 15) is 4.79 Å². The van der Waals surface area contributed by atoms with E-state index < -0.39 is 0 Å². The van der Waals surface area contributed by atoms with Gasteiger partial charge in [0.25, 0.3) is 0 Å². The number of carbonyl (C=O) groups excluding carboxylic acids is 1. The van der Waals surface area contributed by atoms with Gasteiger partial charge in [0.05, 0.1) is 13.7 Å². The fraction of sp³-hybridized carbons (Fsp3) is 0.192. The number of hydrogen-bond donors (Lipinski definition) is 0. The van der Waals surface area contributed by atoms with Gasteiger partial charge in [-0.2, -0.15) is 0 Å². The number of benzene rings is 3. The maximum absolute atomic E-state index is 13.0. The molecule has 0 unspecified atom stereocenters. The third kappa shape index (κ3) is 5.51. The average Bonchev–Trinajstić information content (AvgIpc) is 2.79. The Bertz CT molecular complexity index is 977. The third-order valence-electron chi connectivity index (χ3n) is 4.78. The van der Waals surface area contributed by atoms with Crippen LogP contribution in [0.3, 0.4) is 0 Å². The maximum Gasteiger partial charge on any atom is 0.247 e. The van der Waals surface area contributed by atoms with Crippen molar-refractivity contribution in [2.75, 3.05) is 20.8 Å². The molecule has 0 aromatic heterocycles. The number of hydrogen-bond acceptors (Lipinski definition) is 3. The molecule has 3 aromatic carbocycles. The van der Waals surface area contributed by atoms with Crippen LogP contribution in [0.25, 0.3) is 5.57 Å². The molecule has 0 heterocycles. The van der Waals surface area contributed by atoms with Crippen molar-refractivity contribution in [2.45, 2.75) is 13.5 Å². The molecule has 0 aliphatic carbocycles. The van der Waals surface area contributed by atoms with E-state index in [1.165, 1.54) is 0 Å². The molecule has 4 nitrogen and oxygen atoms in total. The van der Waals surface area contributed by atoms with Crippen LogP contribution in [0.5, 0.6) is 11.5 Å². The summed E-state index contributed by atoms with van der Waals surface area (Å²) in [5.74, 6) is 1.53. The van der Waals surface area contributed by atoms with E-state index >= 15 is 0 Å². The summed E-state index contributed by atoms with van der Waals surface area (Å²) >= 11 is 0. The molecule has 0 saturated carbocycles. The summed E-state index contributed by atoms with van der Waals surface area (Å²) in [7, 11) is 3.45. The molecule has 0 atom stereocenters. The lowest BCUT2D eigenvalue weighted by Gasteiger charge is -2.17. The summed E-state index contributed by atoms with van der Waals surface area (Å²) in [6, 6.07) is 25.5. The highest BCUT2D eigenvalue weighted by Gasteiger charge is 2.12. The molecule has 0 bridgehead atoms. The minimum absolute atomic E-state index is 0.0569. The summed E-state index contributed by atoms with van der Waals surface area (Å²) in [5.41, 5.74) is 3.84. The highest BCUT2D eigenvalue weighted by molar-refractivity contribution is 5.99. The smallest absolute Gasteiger partial charge is 0.247 e. The summed E-state index contributed by atoms with van der Waals surface area (Å²) in [4.78, 5) is 14.7. The van der Waals surface area contributed by atoms with E-state index in [1.54, 1.807) is 18.1 Å². The first kappa shape index (κ1) is 21.2. The van der Waals surface area contributed by atoms with Crippen LogP contribution >= 0.6 is 0 Å². The molecule has 0 aliphatic heterocycles. The Hall–Kier alpha value is -3.53. The van der Waals surface area contributed by atoms with Crippen LogP contribution in [0.2, 0.25) is 0 Å². The van der Waals surface area contributed by atoms with E-state index in [0.29, 0.717) is 13.2 Å². The van der Waals surface area contributed by atoms with E-state index in [1.807, 2.05) is 92.8 Å². The lowest BCUT2D eigenvalue weighted by atomic mass is 9.97. The van der Waals surface area contributed by atoms with Gasteiger partial charge in [-0.25, -0.2) is 0 Å². The molecule has 3 rings (SSSR count). The van der Waals surface area contributed by atoms with Crippen molar-refractivity contribution < 1.29 is 14.3 Å². The van der Waals surface area contributed by atoms with Crippen LogP contribution in [0.4, 0.5) is 0 Å². The van der Waals surface area contributed by atoms with Gasteiger partial charge in [-0.3, -0.25) is 4.79 Å². The van der Waals surface area contributed by atoms with E-state index in [4.69, 9.17) is 9.47 Å². The fourth-order valence-electron chi connectivity index (χ4n) is 3.17. The molecule has 0 N–H and O–H groups in total. The highest BCUT2D eigenvalue weighted by Crippen LogP contribution is 2.27. The minimum atomic E-state index is -0.0569. The molecular formula is C26H27NO3. The molecule has 154 valence electrons. The van der Waals surface area contributed by atoms with Crippen molar-refractivity contribution in [3.63, 3.8) is 0 Å². The summed E-state index contributed by atoms with van der Waals surface area (Å²) in [5, 5.41) is 0. The van der Waals surface area contributed by atoms with Gasteiger partial charge in [-0.05, 0) is 53.5 Å². The second kappa shape index (κ2) is 10.3. The Kier molecular flexibility index (Phi) is 7.28. The lowest BCUT2D eigenvalue weighted by molar-refractivity contribution is -0.125. The van der Waals surface area contributed by atoms with Crippen LogP contribution in [-0.4, -0.2) is 31.6 Å². The van der Waals surface area contributed by atoms with Gasteiger partial charge < -0.3 is 14.4 Å². The van der Waals surface area contributed by atoms with Crippen molar-refractivity contribution >= 4 is 11.5 Å². The zero-order valence-corrected chi connectivity index (χ0v) is 17.7. The molecular weight excluding hydrogens is 374 g/mol. The number of ether oxygens (including phenoxy) is 2. The van der Waals surface area contributed by atoms with Crippen molar-refractivity contribution in [3.8, 4) is 11.5 Å². The molecule has 4 heteroatoms. The average molecular weight is 402 g/mol. The van der Waals surface area contributed by atoms with Gasteiger partial charge in [0.15, 0.2) is 0 Å².